The van der Waals surface area contributed by atoms with Crippen LogP contribution in [-0.4, -0.2) is 39.1 Å². The maximum absolute atomic E-state index is 12.4. The van der Waals surface area contributed by atoms with Crippen molar-refractivity contribution in [3.63, 3.8) is 0 Å². The summed E-state index contributed by atoms with van der Waals surface area (Å²) in [6, 6.07) is -0.153. The van der Waals surface area contributed by atoms with Crippen molar-refractivity contribution in [1.82, 2.24) is 14.7 Å². The number of amides is 2. The Morgan fingerprint density at radius 3 is 2.33 bits per heavy atom. The number of nitrogens with two attached hydrogens (primary N) is 2. The molecular weight excluding hydrogens is 234 g/mol. The summed E-state index contributed by atoms with van der Waals surface area (Å²) in [6.07, 6.45) is 0. The SMILES string of the molecule is Cc1nn(C)c(C(=O)N(CC(N)=O)C(C)C)c1N. The molecule has 1 aromatic rings. The highest BCUT2D eigenvalue weighted by atomic mass is 16.2. The zero-order chi connectivity index (χ0) is 14.0. The summed E-state index contributed by atoms with van der Waals surface area (Å²) in [5.74, 6) is -0.904. The number of carbonyl (C=O) groups excluding carboxylic acids is 2. The van der Waals surface area contributed by atoms with Crippen molar-refractivity contribution in [2.24, 2.45) is 12.8 Å². The third kappa shape index (κ3) is 2.61. The lowest BCUT2D eigenvalue weighted by Gasteiger charge is -2.25. The van der Waals surface area contributed by atoms with Gasteiger partial charge in [-0.05, 0) is 20.8 Å². The molecular formula is C11H19N5O2. The van der Waals surface area contributed by atoms with Gasteiger partial charge >= 0.3 is 0 Å². The molecule has 0 saturated carbocycles. The molecule has 0 bridgehead atoms. The number of nitrogens with zero attached hydrogens (tertiary/aromatic N) is 3. The molecule has 0 unspecified atom stereocenters. The number of anilines is 1. The molecule has 100 valence electrons. The Labute approximate surface area is 106 Å². The topological polar surface area (TPSA) is 107 Å². The van der Waals surface area contributed by atoms with Crippen LogP contribution >= 0.6 is 0 Å². The Morgan fingerprint density at radius 2 is 2.00 bits per heavy atom. The lowest BCUT2D eigenvalue weighted by Crippen LogP contribution is -2.43. The molecule has 0 atom stereocenters. The van der Waals surface area contributed by atoms with Gasteiger partial charge in [0.15, 0.2) is 0 Å². The van der Waals surface area contributed by atoms with Crippen molar-refractivity contribution in [2.45, 2.75) is 26.8 Å². The smallest absolute Gasteiger partial charge is 0.274 e. The van der Waals surface area contributed by atoms with Gasteiger partial charge in [-0.2, -0.15) is 5.10 Å². The van der Waals surface area contributed by atoms with Gasteiger partial charge in [0.2, 0.25) is 5.91 Å². The summed E-state index contributed by atoms with van der Waals surface area (Å²) in [6.45, 7) is 5.20. The molecule has 0 aliphatic heterocycles. The molecule has 0 radical (unpaired) electrons. The molecule has 0 aliphatic rings. The average Bonchev–Trinajstić information content (AvgIpc) is 2.48. The minimum atomic E-state index is -0.561. The maximum atomic E-state index is 12.4. The molecule has 0 aliphatic carbocycles. The van der Waals surface area contributed by atoms with E-state index in [1.807, 2.05) is 0 Å². The number of aryl methyl sites for hydroxylation is 2. The normalized spacial score (nSPS) is 10.7. The monoisotopic (exact) mass is 253 g/mol. The van der Waals surface area contributed by atoms with Crippen LogP contribution in [0.2, 0.25) is 0 Å². The highest BCUT2D eigenvalue weighted by Gasteiger charge is 2.26. The predicted molar refractivity (Wildman–Crippen MR) is 67.7 cm³/mol. The highest BCUT2D eigenvalue weighted by Crippen LogP contribution is 2.18. The first-order valence-electron chi connectivity index (χ1n) is 5.64. The van der Waals surface area contributed by atoms with E-state index in [9.17, 15) is 9.59 Å². The van der Waals surface area contributed by atoms with Gasteiger partial charge in [-0.3, -0.25) is 14.3 Å². The number of hydrogen-bond donors (Lipinski definition) is 2. The first-order chi connectivity index (χ1) is 8.25. The molecule has 0 saturated heterocycles. The predicted octanol–water partition coefficient (Wildman–Crippen LogP) is -0.353. The summed E-state index contributed by atoms with van der Waals surface area (Å²) in [7, 11) is 1.64. The van der Waals surface area contributed by atoms with Crippen molar-refractivity contribution < 1.29 is 9.59 Å². The van der Waals surface area contributed by atoms with E-state index in [-0.39, 0.29) is 24.2 Å². The molecule has 7 heteroatoms. The van der Waals surface area contributed by atoms with Crippen molar-refractivity contribution >= 4 is 17.5 Å². The zero-order valence-electron chi connectivity index (χ0n) is 11.1. The fourth-order valence-electron chi connectivity index (χ4n) is 1.72. The second kappa shape index (κ2) is 5.07. The number of primary amides is 1. The van der Waals surface area contributed by atoms with Gasteiger partial charge in [-0.25, -0.2) is 0 Å². The van der Waals surface area contributed by atoms with Gasteiger partial charge in [-0.1, -0.05) is 0 Å². The van der Waals surface area contributed by atoms with Crippen LogP contribution in [0.5, 0.6) is 0 Å². The molecule has 0 aromatic carbocycles. The fraction of sp³-hybridized carbons (Fsp3) is 0.545. The first kappa shape index (κ1) is 14.0. The van der Waals surface area contributed by atoms with Crippen LogP contribution in [0, 0.1) is 6.92 Å². The van der Waals surface area contributed by atoms with Gasteiger partial charge in [0.25, 0.3) is 5.91 Å². The summed E-state index contributed by atoms with van der Waals surface area (Å²) < 4.78 is 1.42. The highest BCUT2D eigenvalue weighted by molar-refractivity contribution is 5.99. The van der Waals surface area contributed by atoms with E-state index in [0.717, 1.165) is 0 Å². The van der Waals surface area contributed by atoms with Gasteiger partial charge in [0.1, 0.15) is 5.69 Å². The van der Waals surface area contributed by atoms with Crippen LogP contribution in [0.25, 0.3) is 0 Å². The van der Waals surface area contributed by atoms with E-state index >= 15 is 0 Å². The van der Waals surface area contributed by atoms with Crippen molar-refractivity contribution in [2.75, 3.05) is 12.3 Å². The second-order valence-corrected chi connectivity index (χ2v) is 4.46. The molecule has 1 aromatic heterocycles. The minimum absolute atomic E-state index is 0.139. The van der Waals surface area contributed by atoms with E-state index in [2.05, 4.69) is 5.10 Å². The average molecular weight is 253 g/mol. The molecule has 0 fully saturated rings. The Kier molecular flexibility index (Phi) is 3.95. The molecule has 2 amide bonds. The van der Waals surface area contributed by atoms with Crippen molar-refractivity contribution in [3.05, 3.63) is 11.4 Å². The summed E-state index contributed by atoms with van der Waals surface area (Å²) in [5.41, 5.74) is 12.2. The molecule has 7 nitrogen and oxygen atoms in total. The fourth-order valence-corrected chi connectivity index (χ4v) is 1.72. The Hall–Kier alpha value is -2.05. The van der Waals surface area contributed by atoms with Crippen LogP contribution in [0.15, 0.2) is 0 Å². The van der Waals surface area contributed by atoms with Gasteiger partial charge in [0, 0.05) is 13.1 Å². The first-order valence-corrected chi connectivity index (χ1v) is 5.64. The third-order valence-corrected chi connectivity index (χ3v) is 2.68. The lowest BCUT2D eigenvalue weighted by molar-refractivity contribution is -0.119. The van der Waals surface area contributed by atoms with Gasteiger partial charge in [0.05, 0.1) is 17.9 Å². The van der Waals surface area contributed by atoms with Crippen LogP contribution < -0.4 is 11.5 Å². The van der Waals surface area contributed by atoms with E-state index < -0.39 is 5.91 Å². The Balaban J connectivity index is 3.13. The van der Waals surface area contributed by atoms with E-state index in [1.165, 1.54) is 9.58 Å². The molecule has 4 N–H and O–H groups in total. The zero-order valence-corrected chi connectivity index (χ0v) is 11.1. The Morgan fingerprint density at radius 1 is 1.44 bits per heavy atom. The maximum Gasteiger partial charge on any atom is 0.274 e. The Bertz CT molecular complexity index is 478. The standard InChI is InChI=1S/C11H19N5O2/c1-6(2)16(5-8(12)17)11(18)10-9(13)7(3)14-15(10)4/h6H,5,13H2,1-4H3,(H2,12,17). The van der Waals surface area contributed by atoms with E-state index in [1.54, 1.807) is 27.8 Å². The summed E-state index contributed by atoms with van der Waals surface area (Å²) in [4.78, 5) is 24.7. The van der Waals surface area contributed by atoms with E-state index in [4.69, 9.17) is 11.5 Å². The molecule has 1 heterocycles. The van der Waals surface area contributed by atoms with Crippen LogP contribution in [0.4, 0.5) is 5.69 Å². The number of aromatic nitrogens is 2. The summed E-state index contributed by atoms with van der Waals surface area (Å²) in [5, 5.41) is 4.08. The summed E-state index contributed by atoms with van der Waals surface area (Å²) >= 11 is 0. The van der Waals surface area contributed by atoms with E-state index in [0.29, 0.717) is 11.4 Å². The quantitative estimate of drug-likeness (QED) is 0.764. The van der Waals surface area contributed by atoms with Crippen molar-refractivity contribution in [1.29, 1.82) is 0 Å². The lowest BCUT2D eigenvalue weighted by atomic mass is 10.2. The van der Waals surface area contributed by atoms with Crippen molar-refractivity contribution in [3.8, 4) is 0 Å². The van der Waals surface area contributed by atoms with Crippen LogP contribution in [0.1, 0.15) is 30.0 Å². The van der Waals surface area contributed by atoms with Crippen LogP contribution in [-0.2, 0) is 11.8 Å². The molecule has 0 spiro atoms. The van der Waals surface area contributed by atoms with Gasteiger partial charge in [-0.15, -0.1) is 0 Å². The van der Waals surface area contributed by atoms with Crippen LogP contribution in [0.3, 0.4) is 0 Å². The minimum Gasteiger partial charge on any atom is -0.395 e. The van der Waals surface area contributed by atoms with Gasteiger partial charge < -0.3 is 16.4 Å². The third-order valence-electron chi connectivity index (χ3n) is 2.68. The number of nitrogen functional groups attached to an aromatic ring is 1. The number of carbonyl (C=O) groups is 2. The largest absolute Gasteiger partial charge is 0.395 e. The number of rotatable bonds is 4. The second-order valence-electron chi connectivity index (χ2n) is 4.46. The number of hydrogen-bond acceptors (Lipinski definition) is 4. The molecule has 18 heavy (non-hydrogen) atoms. The molecule has 1 rings (SSSR count).